The third-order valence-electron chi connectivity index (χ3n) is 2.59. The van der Waals surface area contributed by atoms with Crippen LogP contribution in [0.15, 0.2) is 36.5 Å². The predicted molar refractivity (Wildman–Crippen MR) is 61.9 cm³/mol. The van der Waals surface area contributed by atoms with E-state index in [-0.39, 0.29) is 5.82 Å². The van der Waals surface area contributed by atoms with E-state index >= 15 is 0 Å². The zero-order valence-corrected chi connectivity index (χ0v) is 9.39. The molecule has 0 aliphatic carbocycles. The van der Waals surface area contributed by atoms with Crippen molar-refractivity contribution in [3.63, 3.8) is 0 Å². The molecule has 1 aromatic carbocycles. The molecule has 0 saturated heterocycles. The molecule has 0 N–H and O–H groups in total. The van der Waals surface area contributed by atoms with E-state index in [1.54, 1.807) is 35.0 Å². The lowest BCUT2D eigenvalue weighted by molar-refractivity contribution is 0.111. The van der Waals surface area contributed by atoms with Gasteiger partial charge in [0.25, 0.3) is 0 Å². The van der Waals surface area contributed by atoms with Crippen LogP contribution in [0.2, 0.25) is 0 Å². The van der Waals surface area contributed by atoms with Crippen molar-refractivity contribution in [2.24, 2.45) is 0 Å². The first kappa shape index (κ1) is 11.4. The summed E-state index contributed by atoms with van der Waals surface area (Å²) in [6, 6.07) is 8.13. The van der Waals surface area contributed by atoms with Crippen LogP contribution in [0.4, 0.5) is 4.39 Å². The Morgan fingerprint density at radius 3 is 2.88 bits per heavy atom. The summed E-state index contributed by atoms with van der Waals surface area (Å²) in [6.07, 6.45) is 2.49. The summed E-state index contributed by atoms with van der Waals surface area (Å²) in [7, 11) is 1.49. The molecule has 3 nitrogen and oxygen atoms in total. The Bertz CT molecular complexity index is 534. The minimum absolute atomic E-state index is 0.330. The summed E-state index contributed by atoms with van der Waals surface area (Å²) in [6.45, 7) is 0.330. The van der Waals surface area contributed by atoms with Crippen LogP contribution in [0.25, 0.3) is 0 Å². The molecule has 4 heteroatoms. The monoisotopic (exact) mass is 233 g/mol. The second-order valence-electron chi connectivity index (χ2n) is 3.64. The average molecular weight is 233 g/mol. The van der Waals surface area contributed by atoms with Crippen molar-refractivity contribution in [1.29, 1.82) is 0 Å². The van der Waals surface area contributed by atoms with Gasteiger partial charge in [0, 0.05) is 17.8 Å². The highest BCUT2D eigenvalue weighted by Crippen LogP contribution is 2.17. The molecule has 1 aromatic heterocycles. The van der Waals surface area contributed by atoms with E-state index in [4.69, 9.17) is 4.74 Å². The Labute approximate surface area is 98.4 Å². The molecule has 1 heterocycles. The number of benzene rings is 1. The van der Waals surface area contributed by atoms with Gasteiger partial charge >= 0.3 is 0 Å². The summed E-state index contributed by atoms with van der Waals surface area (Å²) >= 11 is 0. The number of carbonyl (C=O) groups excluding carboxylic acids is 1. The quantitative estimate of drug-likeness (QED) is 0.760. The maximum Gasteiger partial charge on any atom is 0.166 e. The normalized spacial score (nSPS) is 10.2. The predicted octanol–water partition coefficient (Wildman–Crippen LogP) is 2.50. The maximum absolute atomic E-state index is 13.7. The van der Waals surface area contributed by atoms with Crippen LogP contribution >= 0.6 is 0 Å². The minimum Gasteiger partial charge on any atom is -0.497 e. The molecule has 0 saturated carbocycles. The summed E-state index contributed by atoms with van der Waals surface area (Å²) in [4.78, 5) is 10.7. The van der Waals surface area contributed by atoms with Crippen LogP contribution in [0.3, 0.4) is 0 Å². The third-order valence-corrected chi connectivity index (χ3v) is 2.59. The summed E-state index contributed by atoms with van der Waals surface area (Å²) in [5, 5.41) is 0. The summed E-state index contributed by atoms with van der Waals surface area (Å²) < 4.78 is 20.3. The van der Waals surface area contributed by atoms with Crippen molar-refractivity contribution in [2.45, 2.75) is 6.54 Å². The lowest BCUT2D eigenvalue weighted by Gasteiger charge is -2.08. The summed E-state index contributed by atoms with van der Waals surface area (Å²) in [5.41, 5.74) is 1.05. The molecule has 2 rings (SSSR count). The van der Waals surface area contributed by atoms with Gasteiger partial charge in [0.15, 0.2) is 6.29 Å². The van der Waals surface area contributed by atoms with Gasteiger partial charge in [-0.3, -0.25) is 4.79 Å². The first-order valence-corrected chi connectivity index (χ1v) is 5.17. The Morgan fingerprint density at radius 2 is 2.24 bits per heavy atom. The smallest absolute Gasteiger partial charge is 0.166 e. The van der Waals surface area contributed by atoms with Gasteiger partial charge in [-0.15, -0.1) is 0 Å². The highest BCUT2D eigenvalue weighted by Gasteiger charge is 2.06. The van der Waals surface area contributed by atoms with Crippen LogP contribution in [0.5, 0.6) is 5.75 Å². The van der Waals surface area contributed by atoms with Gasteiger partial charge in [-0.25, -0.2) is 4.39 Å². The molecule has 0 fully saturated rings. The molecule has 0 aliphatic rings. The molecule has 0 atom stereocenters. The molecule has 0 radical (unpaired) electrons. The van der Waals surface area contributed by atoms with Gasteiger partial charge in [0.05, 0.1) is 19.3 Å². The fourth-order valence-electron chi connectivity index (χ4n) is 1.65. The van der Waals surface area contributed by atoms with Crippen LogP contribution in [-0.4, -0.2) is 18.0 Å². The molecule has 17 heavy (non-hydrogen) atoms. The molecule has 88 valence electrons. The van der Waals surface area contributed by atoms with Crippen molar-refractivity contribution >= 4 is 6.29 Å². The zero-order valence-electron chi connectivity index (χ0n) is 9.39. The number of methoxy groups -OCH3 is 1. The highest BCUT2D eigenvalue weighted by molar-refractivity contribution is 5.72. The minimum atomic E-state index is -0.338. The molecule has 0 aliphatic heterocycles. The lowest BCUT2D eigenvalue weighted by Crippen LogP contribution is -2.04. The van der Waals surface area contributed by atoms with Crippen molar-refractivity contribution in [2.75, 3.05) is 7.11 Å². The van der Waals surface area contributed by atoms with Crippen LogP contribution in [-0.2, 0) is 6.54 Å². The van der Waals surface area contributed by atoms with Crippen molar-refractivity contribution in [3.05, 3.63) is 53.6 Å². The Morgan fingerprint density at radius 1 is 1.41 bits per heavy atom. The fourth-order valence-corrected chi connectivity index (χ4v) is 1.65. The van der Waals surface area contributed by atoms with Gasteiger partial charge < -0.3 is 9.30 Å². The molecule has 0 unspecified atom stereocenters. The van der Waals surface area contributed by atoms with Crippen LogP contribution < -0.4 is 4.74 Å². The van der Waals surface area contributed by atoms with Gasteiger partial charge in [0.1, 0.15) is 11.6 Å². The zero-order chi connectivity index (χ0) is 12.3. The number of ether oxygens (including phenoxy) is 1. The number of carbonyl (C=O) groups is 1. The molecule has 0 amide bonds. The largest absolute Gasteiger partial charge is 0.497 e. The Balaban J connectivity index is 2.27. The second-order valence-corrected chi connectivity index (χ2v) is 3.64. The standard InChI is InChI=1S/C13H12FNO2/c1-17-12-5-4-10(13(14)7-12)8-15-6-2-3-11(15)9-16/h2-7,9H,8H2,1H3. The van der Waals surface area contributed by atoms with E-state index in [1.807, 2.05) is 0 Å². The van der Waals surface area contributed by atoms with E-state index in [0.29, 0.717) is 23.6 Å². The molecule has 2 aromatic rings. The van der Waals surface area contributed by atoms with E-state index in [0.717, 1.165) is 6.29 Å². The van der Waals surface area contributed by atoms with E-state index in [9.17, 15) is 9.18 Å². The third kappa shape index (κ3) is 2.36. The Kier molecular flexibility index (Phi) is 3.23. The number of hydrogen-bond acceptors (Lipinski definition) is 2. The van der Waals surface area contributed by atoms with Crippen molar-refractivity contribution in [1.82, 2.24) is 4.57 Å². The highest BCUT2D eigenvalue weighted by atomic mass is 19.1. The maximum atomic E-state index is 13.7. The molecule has 0 spiro atoms. The molecular formula is C13H12FNO2. The molecule has 0 bridgehead atoms. The van der Waals surface area contributed by atoms with Gasteiger partial charge in [0.2, 0.25) is 0 Å². The van der Waals surface area contributed by atoms with E-state index < -0.39 is 0 Å². The topological polar surface area (TPSA) is 31.2 Å². The number of aldehydes is 1. The summed E-state index contributed by atoms with van der Waals surface area (Å²) in [5.74, 6) is 0.143. The average Bonchev–Trinajstić information content (AvgIpc) is 2.79. The first-order chi connectivity index (χ1) is 8.24. The number of halogens is 1. The number of hydrogen-bond donors (Lipinski definition) is 0. The SMILES string of the molecule is COc1ccc(Cn2cccc2C=O)c(F)c1. The lowest BCUT2D eigenvalue weighted by atomic mass is 10.2. The Hall–Kier alpha value is -2.10. The van der Waals surface area contributed by atoms with Crippen LogP contribution in [0.1, 0.15) is 16.1 Å². The number of rotatable bonds is 4. The van der Waals surface area contributed by atoms with E-state index in [2.05, 4.69) is 0 Å². The van der Waals surface area contributed by atoms with Gasteiger partial charge in [-0.1, -0.05) is 6.07 Å². The van der Waals surface area contributed by atoms with Crippen molar-refractivity contribution < 1.29 is 13.9 Å². The van der Waals surface area contributed by atoms with E-state index in [1.165, 1.54) is 13.2 Å². The van der Waals surface area contributed by atoms with Gasteiger partial charge in [-0.05, 0) is 18.2 Å². The van der Waals surface area contributed by atoms with Gasteiger partial charge in [-0.2, -0.15) is 0 Å². The van der Waals surface area contributed by atoms with Crippen LogP contribution in [0, 0.1) is 5.82 Å². The molecular weight excluding hydrogens is 221 g/mol. The second kappa shape index (κ2) is 4.82. The fraction of sp³-hybridized carbons (Fsp3) is 0.154. The van der Waals surface area contributed by atoms with Crippen molar-refractivity contribution in [3.8, 4) is 5.75 Å². The first-order valence-electron chi connectivity index (χ1n) is 5.17. The number of aromatic nitrogens is 1. The number of nitrogens with zero attached hydrogens (tertiary/aromatic N) is 1.